The fourth-order valence-electron chi connectivity index (χ4n) is 3.90. The van der Waals surface area contributed by atoms with E-state index in [1.165, 1.54) is 26.4 Å². The molecule has 0 aliphatic heterocycles. The molecule has 32 heavy (non-hydrogen) atoms. The molecule has 0 aliphatic rings. The minimum Gasteiger partial charge on any atom is -0.464 e. The highest BCUT2D eigenvalue weighted by atomic mass is 32.2. The van der Waals surface area contributed by atoms with Crippen molar-refractivity contribution in [3.8, 4) is 0 Å². The smallest absolute Gasteiger partial charge is 0.354 e. The van der Waals surface area contributed by atoms with Crippen LogP contribution in [0.3, 0.4) is 0 Å². The quantitative estimate of drug-likeness (QED) is 0.396. The minimum absolute atomic E-state index is 0.00998. The van der Waals surface area contributed by atoms with Gasteiger partial charge in [-0.3, -0.25) is 4.79 Å². The Bertz CT molecular complexity index is 1090. The first kappa shape index (κ1) is 25.8. The highest BCUT2D eigenvalue weighted by molar-refractivity contribution is 7.89. The van der Waals surface area contributed by atoms with E-state index < -0.39 is 22.0 Å². The van der Waals surface area contributed by atoms with Crippen LogP contribution >= 0.6 is 0 Å². The topological polar surface area (TPSA) is 94.9 Å². The van der Waals surface area contributed by atoms with E-state index in [4.69, 9.17) is 9.47 Å². The van der Waals surface area contributed by atoms with Crippen LogP contribution in [0, 0.1) is 20.8 Å². The van der Waals surface area contributed by atoms with Gasteiger partial charge in [-0.15, -0.1) is 0 Å². The molecule has 176 valence electrons. The van der Waals surface area contributed by atoms with Gasteiger partial charge in [-0.25, -0.2) is 13.2 Å². The van der Waals surface area contributed by atoms with Crippen LogP contribution in [0.5, 0.6) is 0 Å². The number of rotatable bonds is 10. The summed E-state index contributed by atoms with van der Waals surface area (Å²) in [4.78, 5) is 26.1. The molecule has 0 fully saturated rings. The third kappa shape index (κ3) is 4.79. The first-order chi connectivity index (χ1) is 15.0. The average Bonchev–Trinajstić information content (AvgIpc) is 3.02. The summed E-state index contributed by atoms with van der Waals surface area (Å²) in [6.07, 6.45) is 0. The number of hydrogen-bond donors (Lipinski definition) is 0. The number of benzene rings is 1. The molecule has 1 aromatic heterocycles. The second kappa shape index (κ2) is 10.4. The fourth-order valence-corrected chi connectivity index (χ4v) is 5.48. The lowest BCUT2D eigenvalue weighted by atomic mass is 10.0. The Morgan fingerprint density at radius 1 is 1.09 bits per heavy atom. The number of sulfonamides is 1. The molecule has 0 bridgehead atoms. The molecule has 1 atom stereocenters. The van der Waals surface area contributed by atoms with Crippen molar-refractivity contribution in [3.05, 3.63) is 52.3 Å². The summed E-state index contributed by atoms with van der Waals surface area (Å²) in [5, 5.41) is 0. The van der Waals surface area contributed by atoms with Gasteiger partial charge in [-0.2, -0.15) is 4.31 Å². The van der Waals surface area contributed by atoms with Gasteiger partial charge in [-0.1, -0.05) is 17.7 Å². The van der Waals surface area contributed by atoms with Crippen LogP contribution in [0.1, 0.15) is 51.5 Å². The summed E-state index contributed by atoms with van der Waals surface area (Å²) in [5.41, 5.74) is 2.64. The average molecular weight is 465 g/mol. The van der Waals surface area contributed by atoms with Crippen LogP contribution in [-0.4, -0.2) is 62.5 Å². The van der Waals surface area contributed by atoms with Crippen LogP contribution in [-0.2, 0) is 26.0 Å². The fraction of sp³-hybridized carbons (Fsp3) is 0.478. The Labute approximate surface area is 190 Å². The van der Waals surface area contributed by atoms with Gasteiger partial charge in [0.1, 0.15) is 5.69 Å². The van der Waals surface area contributed by atoms with Gasteiger partial charge in [0, 0.05) is 31.5 Å². The van der Waals surface area contributed by atoms with Crippen molar-refractivity contribution in [1.29, 1.82) is 0 Å². The summed E-state index contributed by atoms with van der Waals surface area (Å²) in [6.45, 7) is 9.32. The molecule has 0 aliphatic carbocycles. The van der Waals surface area contributed by atoms with E-state index in [9.17, 15) is 18.0 Å². The number of esters is 1. The standard InChI is InChI=1S/C23H32N2O6S/c1-8-24-17(4)20(16(3)21(24)23(27)31-7)22(26)18(5)25(13-14-30-6)32(28,29)19-11-9-15(2)10-12-19/h9-12,18H,8,13-14H2,1-7H3/t18-/m1/s1. The number of Topliss-reactive ketones (excluding diaryl/α,β-unsaturated/α-hetero) is 1. The summed E-state index contributed by atoms with van der Waals surface area (Å²) >= 11 is 0. The van der Waals surface area contributed by atoms with E-state index in [2.05, 4.69) is 0 Å². The Kier molecular flexibility index (Phi) is 8.39. The molecular formula is C23H32N2O6S. The maximum absolute atomic E-state index is 13.6. The number of nitrogens with zero attached hydrogens (tertiary/aromatic N) is 2. The second-order valence-electron chi connectivity index (χ2n) is 7.63. The van der Waals surface area contributed by atoms with Gasteiger partial charge in [0.2, 0.25) is 10.0 Å². The van der Waals surface area contributed by atoms with Gasteiger partial charge in [0.05, 0.1) is 24.7 Å². The van der Waals surface area contributed by atoms with E-state index in [-0.39, 0.29) is 23.8 Å². The highest BCUT2D eigenvalue weighted by Gasteiger charge is 2.36. The van der Waals surface area contributed by atoms with Gasteiger partial charge >= 0.3 is 5.97 Å². The molecule has 0 spiro atoms. The van der Waals surface area contributed by atoms with Crippen LogP contribution in [0.25, 0.3) is 0 Å². The molecule has 8 nitrogen and oxygen atoms in total. The summed E-state index contributed by atoms with van der Waals surface area (Å²) < 4.78 is 39.7. The van der Waals surface area contributed by atoms with Gasteiger partial charge in [-0.05, 0) is 52.3 Å². The molecule has 0 N–H and O–H groups in total. The third-order valence-electron chi connectivity index (χ3n) is 5.66. The Hall–Kier alpha value is -2.49. The molecule has 0 saturated heterocycles. The largest absolute Gasteiger partial charge is 0.464 e. The van der Waals surface area contributed by atoms with E-state index in [1.54, 1.807) is 37.5 Å². The zero-order valence-corrected chi connectivity index (χ0v) is 20.6. The molecule has 9 heteroatoms. The Balaban J connectivity index is 2.57. The molecule has 0 amide bonds. The minimum atomic E-state index is -3.96. The number of carbonyl (C=O) groups is 2. The molecule has 2 rings (SSSR count). The highest BCUT2D eigenvalue weighted by Crippen LogP contribution is 2.27. The van der Waals surface area contributed by atoms with Gasteiger partial charge in [0.25, 0.3) is 0 Å². The first-order valence-electron chi connectivity index (χ1n) is 10.4. The Morgan fingerprint density at radius 2 is 1.69 bits per heavy atom. The van der Waals surface area contributed by atoms with Crippen LogP contribution < -0.4 is 0 Å². The lowest BCUT2D eigenvalue weighted by molar-refractivity contribution is 0.0587. The van der Waals surface area contributed by atoms with E-state index in [0.717, 1.165) is 9.87 Å². The van der Waals surface area contributed by atoms with Crippen molar-refractivity contribution in [2.24, 2.45) is 0 Å². The van der Waals surface area contributed by atoms with Gasteiger partial charge < -0.3 is 14.0 Å². The molecule has 1 aromatic carbocycles. The summed E-state index contributed by atoms with van der Waals surface area (Å²) in [6, 6.07) is 5.48. The number of hydrogen-bond acceptors (Lipinski definition) is 6. The van der Waals surface area contributed by atoms with E-state index in [1.807, 2.05) is 13.8 Å². The molecule has 0 radical (unpaired) electrons. The number of methoxy groups -OCH3 is 2. The molecule has 0 unspecified atom stereocenters. The van der Waals surface area contributed by atoms with Crippen LogP contribution in [0.4, 0.5) is 0 Å². The number of ether oxygens (including phenoxy) is 2. The van der Waals surface area contributed by atoms with Crippen molar-refractivity contribution < 1.29 is 27.5 Å². The molecule has 1 heterocycles. The molecule has 0 saturated carbocycles. The lowest BCUT2D eigenvalue weighted by Gasteiger charge is -2.27. The summed E-state index contributed by atoms with van der Waals surface area (Å²) in [7, 11) is -1.20. The second-order valence-corrected chi connectivity index (χ2v) is 9.52. The number of aromatic nitrogens is 1. The molecule has 2 aromatic rings. The predicted molar refractivity (Wildman–Crippen MR) is 122 cm³/mol. The zero-order chi connectivity index (χ0) is 24.2. The first-order valence-corrected chi connectivity index (χ1v) is 11.9. The number of ketones is 1. The third-order valence-corrected chi connectivity index (χ3v) is 7.65. The van der Waals surface area contributed by atoms with Crippen molar-refractivity contribution in [2.45, 2.75) is 52.1 Å². The lowest BCUT2D eigenvalue weighted by Crippen LogP contribution is -2.45. The van der Waals surface area contributed by atoms with Crippen molar-refractivity contribution in [2.75, 3.05) is 27.4 Å². The van der Waals surface area contributed by atoms with Crippen LogP contribution in [0.2, 0.25) is 0 Å². The normalized spacial score (nSPS) is 12.8. The predicted octanol–water partition coefficient (Wildman–Crippen LogP) is 3.13. The monoisotopic (exact) mass is 464 g/mol. The summed E-state index contributed by atoms with van der Waals surface area (Å²) in [5.74, 6) is -0.924. The number of carbonyl (C=O) groups excluding carboxylic acids is 2. The maximum Gasteiger partial charge on any atom is 0.354 e. The molecular weight excluding hydrogens is 432 g/mol. The van der Waals surface area contributed by atoms with Crippen molar-refractivity contribution in [1.82, 2.24) is 8.87 Å². The Morgan fingerprint density at radius 3 is 2.19 bits per heavy atom. The van der Waals surface area contributed by atoms with Gasteiger partial charge in [0.15, 0.2) is 5.78 Å². The maximum atomic E-state index is 13.6. The van der Waals surface area contributed by atoms with Crippen LogP contribution in [0.15, 0.2) is 29.2 Å². The van der Waals surface area contributed by atoms with Crippen molar-refractivity contribution >= 4 is 21.8 Å². The zero-order valence-electron chi connectivity index (χ0n) is 19.8. The van der Waals surface area contributed by atoms with Crippen molar-refractivity contribution in [3.63, 3.8) is 0 Å². The number of aryl methyl sites for hydroxylation is 1. The SMILES string of the molecule is CCn1c(C)c(C(=O)[C@@H](C)N(CCOC)S(=O)(=O)c2ccc(C)cc2)c(C)c1C(=O)OC. The van der Waals surface area contributed by atoms with E-state index in [0.29, 0.717) is 29.1 Å². The van der Waals surface area contributed by atoms with E-state index >= 15 is 0 Å².